The van der Waals surface area contributed by atoms with Crippen molar-refractivity contribution in [2.45, 2.75) is 64.8 Å². The molecule has 9 nitrogen and oxygen atoms in total. The van der Waals surface area contributed by atoms with Gasteiger partial charge in [-0.2, -0.15) is 0 Å². The van der Waals surface area contributed by atoms with E-state index >= 15 is 4.39 Å². The molecule has 6 rings (SSSR count). The molecule has 3 amide bonds. The molecule has 47 heavy (non-hydrogen) atoms. The van der Waals surface area contributed by atoms with Gasteiger partial charge in [-0.05, 0) is 85.9 Å². The van der Waals surface area contributed by atoms with Gasteiger partial charge in [0.2, 0.25) is 12.3 Å². The predicted molar refractivity (Wildman–Crippen MR) is 178 cm³/mol. The zero-order chi connectivity index (χ0) is 34.4. The van der Waals surface area contributed by atoms with E-state index in [0.717, 1.165) is 17.9 Å². The number of ether oxygens (including phenoxy) is 1. The van der Waals surface area contributed by atoms with Gasteiger partial charge in [-0.25, -0.2) is 4.39 Å². The number of primary amides is 1. The average molecular weight is 688 g/mol. The van der Waals surface area contributed by atoms with Crippen LogP contribution in [0.2, 0.25) is 10.0 Å². The summed E-state index contributed by atoms with van der Waals surface area (Å²) in [6.45, 7) is 6.96. The van der Waals surface area contributed by atoms with E-state index in [2.05, 4.69) is 17.6 Å². The van der Waals surface area contributed by atoms with Gasteiger partial charge < -0.3 is 25.4 Å². The van der Waals surface area contributed by atoms with E-state index in [-0.39, 0.29) is 47.2 Å². The number of halogens is 3. The van der Waals surface area contributed by atoms with Gasteiger partial charge in [-0.3, -0.25) is 19.4 Å². The Morgan fingerprint density at radius 2 is 1.79 bits per heavy atom. The molecule has 2 fully saturated rings. The van der Waals surface area contributed by atoms with Crippen molar-refractivity contribution in [2.24, 2.45) is 17.1 Å². The van der Waals surface area contributed by atoms with Gasteiger partial charge in [0, 0.05) is 36.8 Å². The first-order valence-corrected chi connectivity index (χ1v) is 16.3. The van der Waals surface area contributed by atoms with Crippen molar-refractivity contribution >= 4 is 41.4 Å². The van der Waals surface area contributed by atoms with Crippen molar-refractivity contribution in [3.8, 4) is 0 Å². The average Bonchev–Trinajstić information content (AvgIpc) is 3.72. The number of carbonyl (C=O) groups is 3. The molecule has 1 saturated carbocycles. The van der Waals surface area contributed by atoms with Crippen LogP contribution in [0.1, 0.15) is 79.9 Å². The fraction of sp³-hybridized carbons (Fsp3) is 0.429. The second-order valence-corrected chi connectivity index (χ2v) is 13.5. The van der Waals surface area contributed by atoms with E-state index in [1.54, 1.807) is 30.0 Å². The van der Waals surface area contributed by atoms with Gasteiger partial charge in [0.15, 0.2) is 6.23 Å². The zero-order valence-corrected chi connectivity index (χ0v) is 28.3. The molecule has 0 spiro atoms. The molecule has 1 aromatic heterocycles. The lowest BCUT2D eigenvalue weighted by molar-refractivity contribution is -0.132. The normalized spacial score (nSPS) is 19.4. The third-order valence-electron chi connectivity index (χ3n) is 9.02. The Kier molecular flexibility index (Phi) is 12.0. The van der Waals surface area contributed by atoms with Gasteiger partial charge >= 0.3 is 0 Å². The Morgan fingerprint density at radius 1 is 1.15 bits per heavy atom. The van der Waals surface area contributed by atoms with Crippen molar-refractivity contribution in [2.75, 3.05) is 19.7 Å². The van der Waals surface area contributed by atoms with Gasteiger partial charge in [0.1, 0.15) is 5.82 Å². The van der Waals surface area contributed by atoms with Crippen LogP contribution in [0, 0.1) is 17.2 Å². The van der Waals surface area contributed by atoms with Crippen molar-refractivity contribution in [3.63, 3.8) is 0 Å². The Bertz CT molecular complexity index is 1550. The lowest BCUT2D eigenvalue weighted by Gasteiger charge is -2.39. The summed E-state index contributed by atoms with van der Waals surface area (Å²) in [5.74, 6) is -1.10. The van der Waals surface area contributed by atoms with Crippen LogP contribution in [0.25, 0.3) is 0 Å². The number of pyridine rings is 1. The first-order chi connectivity index (χ1) is 22.3. The summed E-state index contributed by atoms with van der Waals surface area (Å²) in [4.78, 5) is 41.5. The summed E-state index contributed by atoms with van der Waals surface area (Å²) in [5, 5.41) is 12.8. The molecule has 2 aromatic carbocycles. The molecule has 0 radical (unpaired) electrons. The highest BCUT2D eigenvalue weighted by Gasteiger charge is 2.45. The number of hydrogen-bond donors (Lipinski definition) is 2. The van der Waals surface area contributed by atoms with Crippen LogP contribution in [0.15, 0.2) is 60.8 Å². The summed E-state index contributed by atoms with van der Waals surface area (Å²) in [6.07, 6.45) is 4.14. The van der Waals surface area contributed by atoms with Crippen LogP contribution in [0.5, 0.6) is 0 Å². The number of likely N-dealkylation sites (tertiary alicyclic amines) is 1. The number of aliphatic hydroxyl groups is 1. The van der Waals surface area contributed by atoms with E-state index in [1.165, 1.54) is 24.1 Å². The lowest BCUT2D eigenvalue weighted by Crippen LogP contribution is -2.43. The number of piperidine rings is 1. The molecular weight excluding hydrogens is 646 g/mol. The minimum atomic E-state index is -1.36. The van der Waals surface area contributed by atoms with Crippen molar-refractivity contribution in [3.05, 3.63) is 99.0 Å². The SMILES string of the molecule is CC(=O)N1CCC(C(C)(O)c2cc(F)c3c(c2)C(=O)N(Cc2ccc(Cl)cn2)[C@@H]3OCC2(C)CC2)CC1.Clc1ccccc1.NC=O. The van der Waals surface area contributed by atoms with Crippen LogP contribution in [-0.4, -0.2) is 57.8 Å². The molecule has 1 saturated heterocycles. The minimum Gasteiger partial charge on any atom is -0.385 e. The number of carbonyl (C=O) groups excluding carboxylic acids is 3. The van der Waals surface area contributed by atoms with E-state index in [0.29, 0.717) is 48.8 Å². The van der Waals surface area contributed by atoms with Crippen LogP contribution < -0.4 is 5.73 Å². The highest BCUT2D eigenvalue weighted by Crippen LogP contribution is 2.48. The molecule has 2 aliphatic heterocycles. The highest BCUT2D eigenvalue weighted by molar-refractivity contribution is 6.30. The largest absolute Gasteiger partial charge is 0.385 e. The van der Waals surface area contributed by atoms with Crippen molar-refractivity contribution in [1.29, 1.82) is 0 Å². The second kappa shape index (κ2) is 15.6. The van der Waals surface area contributed by atoms with Gasteiger partial charge in [-0.15, -0.1) is 0 Å². The zero-order valence-electron chi connectivity index (χ0n) is 26.8. The molecule has 252 valence electrons. The fourth-order valence-corrected chi connectivity index (χ4v) is 6.06. The number of fused-ring (bicyclic) bond motifs is 1. The van der Waals surface area contributed by atoms with E-state index in [4.69, 9.17) is 32.7 Å². The summed E-state index contributed by atoms with van der Waals surface area (Å²) in [6, 6.07) is 15.8. The van der Waals surface area contributed by atoms with Crippen LogP contribution in [0.3, 0.4) is 0 Å². The van der Waals surface area contributed by atoms with E-state index in [9.17, 15) is 14.7 Å². The minimum absolute atomic E-state index is 0.00799. The third kappa shape index (κ3) is 9.07. The quantitative estimate of drug-likeness (QED) is 0.283. The molecule has 1 aliphatic carbocycles. The molecule has 3 heterocycles. The van der Waals surface area contributed by atoms with E-state index < -0.39 is 17.6 Å². The maximum absolute atomic E-state index is 15.8. The lowest BCUT2D eigenvalue weighted by atomic mass is 9.76. The molecule has 2 atom stereocenters. The predicted octanol–water partition coefficient (Wildman–Crippen LogP) is 6.25. The van der Waals surface area contributed by atoms with Crippen LogP contribution >= 0.6 is 23.2 Å². The van der Waals surface area contributed by atoms with Crippen molar-refractivity contribution in [1.82, 2.24) is 14.8 Å². The van der Waals surface area contributed by atoms with Gasteiger partial charge in [-0.1, -0.05) is 48.3 Å². The third-order valence-corrected chi connectivity index (χ3v) is 9.49. The number of aromatic nitrogens is 1. The maximum atomic E-state index is 15.8. The summed E-state index contributed by atoms with van der Waals surface area (Å²) in [7, 11) is 0. The smallest absolute Gasteiger partial charge is 0.257 e. The first-order valence-electron chi connectivity index (χ1n) is 15.5. The Labute approximate surface area is 284 Å². The number of rotatable bonds is 7. The second-order valence-electron chi connectivity index (χ2n) is 12.7. The molecule has 0 bridgehead atoms. The Balaban J connectivity index is 0.000000432. The first kappa shape index (κ1) is 36.3. The monoisotopic (exact) mass is 686 g/mol. The maximum Gasteiger partial charge on any atom is 0.257 e. The summed E-state index contributed by atoms with van der Waals surface area (Å²) < 4.78 is 22.0. The topological polar surface area (TPSA) is 126 Å². The Hall–Kier alpha value is -3.57. The number of hydrogen-bond acceptors (Lipinski definition) is 6. The molecule has 12 heteroatoms. The van der Waals surface area contributed by atoms with E-state index in [1.807, 2.05) is 30.3 Å². The standard InChI is InChI=1S/C28H33ClFN3O4.C6H5Cl.CH3NO/c1-17(34)32-10-6-18(7-11-32)28(3,36)19-12-22-24(23(30)13-19)26(37-16-27(2)8-9-27)33(25(22)35)15-21-5-4-20(29)14-31-21;7-6-4-2-1-3-5-6;2-1-3/h4-5,12-14,18,26,36H,6-11,15-16H2,1-3H3;1-5H;1H,(H2,2,3)/t26-,28?;;/m1../s1. The molecule has 3 aromatic rings. The fourth-order valence-electron chi connectivity index (χ4n) is 5.80. The molecule has 1 unspecified atom stereocenters. The summed E-state index contributed by atoms with van der Waals surface area (Å²) in [5.41, 5.74) is 4.23. The molecule has 3 aliphatic rings. The highest BCUT2D eigenvalue weighted by atomic mass is 35.5. The number of nitrogens with zero attached hydrogens (tertiary/aromatic N) is 3. The summed E-state index contributed by atoms with van der Waals surface area (Å²) >= 11 is 11.5. The number of benzene rings is 2. The molecular formula is C35H41Cl2FN4O5. The van der Waals surface area contributed by atoms with Gasteiger partial charge in [0.05, 0.1) is 35.0 Å². The number of amides is 3. The molecule has 3 N–H and O–H groups in total. The van der Waals surface area contributed by atoms with Crippen LogP contribution in [0.4, 0.5) is 4.39 Å². The van der Waals surface area contributed by atoms with Gasteiger partial charge in [0.25, 0.3) is 5.91 Å². The van der Waals surface area contributed by atoms with Crippen LogP contribution in [-0.2, 0) is 26.5 Å². The van der Waals surface area contributed by atoms with Crippen molar-refractivity contribution < 1.29 is 28.6 Å². The number of nitrogens with two attached hydrogens (primary N) is 1. The Morgan fingerprint density at radius 3 is 2.30 bits per heavy atom.